The van der Waals surface area contributed by atoms with Gasteiger partial charge in [-0.3, -0.25) is 9.59 Å². The fourth-order valence-corrected chi connectivity index (χ4v) is 4.33. The first kappa shape index (κ1) is 23.5. The minimum Gasteiger partial charge on any atom is -0.451 e. The van der Waals surface area contributed by atoms with Gasteiger partial charge in [-0.2, -0.15) is 0 Å². The topological polar surface area (TPSA) is 65.8 Å². The summed E-state index contributed by atoms with van der Waals surface area (Å²) < 4.78 is 5.76. The van der Waals surface area contributed by atoms with E-state index in [1.165, 1.54) is 0 Å². The van der Waals surface area contributed by atoms with Crippen LogP contribution in [0.1, 0.15) is 23.9 Å². The highest BCUT2D eigenvalue weighted by atomic mass is 35.5. The van der Waals surface area contributed by atoms with Gasteiger partial charge in [-0.1, -0.05) is 41.7 Å². The molecular weight excluding hydrogens is 485 g/mol. The Morgan fingerprint density at radius 2 is 1.64 bits per heavy atom. The first-order chi connectivity index (χ1) is 15.9. The molecule has 1 saturated heterocycles. The van der Waals surface area contributed by atoms with Crippen LogP contribution in [0.15, 0.2) is 52.9 Å². The average Bonchev–Trinajstić information content (AvgIpc) is 3.31. The largest absolute Gasteiger partial charge is 0.451 e. The molecule has 3 aromatic rings. The molecule has 9 heteroatoms. The second kappa shape index (κ2) is 10.1. The maximum absolute atomic E-state index is 13.0. The molecular formula is C24H22Cl3N3O3. The molecule has 0 bridgehead atoms. The zero-order chi connectivity index (χ0) is 23.5. The molecule has 0 unspecified atom stereocenters. The summed E-state index contributed by atoms with van der Waals surface area (Å²) in [4.78, 5) is 28.9. The van der Waals surface area contributed by atoms with Crippen LogP contribution in [0.4, 0.5) is 11.4 Å². The fourth-order valence-electron chi connectivity index (χ4n) is 3.78. The average molecular weight is 507 g/mol. The number of hydrogen-bond acceptors (Lipinski definition) is 4. The van der Waals surface area contributed by atoms with Crippen molar-refractivity contribution in [1.82, 2.24) is 4.90 Å². The molecule has 1 N–H and O–H groups in total. The summed E-state index contributed by atoms with van der Waals surface area (Å²) in [5, 5.41) is 4.39. The molecule has 2 amide bonds. The number of nitrogens with zero attached hydrogens (tertiary/aromatic N) is 2. The molecule has 0 radical (unpaired) electrons. The highest BCUT2D eigenvalue weighted by molar-refractivity contribution is 6.35. The Bertz CT molecular complexity index is 1190. The lowest BCUT2D eigenvalue weighted by atomic mass is 10.2. The second-order valence-corrected chi connectivity index (χ2v) is 8.91. The van der Waals surface area contributed by atoms with Crippen molar-refractivity contribution in [3.63, 3.8) is 0 Å². The molecule has 1 aliphatic rings. The Labute approximate surface area is 207 Å². The van der Waals surface area contributed by atoms with Crippen molar-refractivity contribution < 1.29 is 14.0 Å². The van der Waals surface area contributed by atoms with E-state index in [0.717, 1.165) is 5.69 Å². The Hall–Kier alpha value is -2.67. The lowest BCUT2D eigenvalue weighted by molar-refractivity contribution is -0.131. The van der Waals surface area contributed by atoms with E-state index >= 15 is 0 Å². The van der Waals surface area contributed by atoms with E-state index in [2.05, 4.69) is 10.2 Å². The SMILES string of the molecule is CCC(=O)N1CCN(c2ccc(Cl)cc2NC(=O)c2ccc(-c3cc(Cl)ccc3Cl)o2)CC1. The molecule has 1 aliphatic heterocycles. The van der Waals surface area contributed by atoms with Crippen molar-refractivity contribution in [2.75, 3.05) is 36.4 Å². The van der Waals surface area contributed by atoms with Crippen molar-refractivity contribution in [3.8, 4) is 11.3 Å². The fraction of sp³-hybridized carbons (Fsp3) is 0.250. The summed E-state index contributed by atoms with van der Waals surface area (Å²) in [5.74, 6) is 0.302. The second-order valence-electron chi connectivity index (χ2n) is 7.63. The number of piperazine rings is 1. The summed E-state index contributed by atoms with van der Waals surface area (Å²) in [6.07, 6.45) is 0.494. The molecule has 6 nitrogen and oxygen atoms in total. The summed E-state index contributed by atoms with van der Waals surface area (Å²) in [6.45, 7) is 4.44. The predicted molar refractivity (Wildman–Crippen MR) is 133 cm³/mol. The molecule has 0 atom stereocenters. The number of rotatable bonds is 5. The summed E-state index contributed by atoms with van der Waals surface area (Å²) in [6, 6.07) is 13.7. The zero-order valence-corrected chi connectivity index (χ0v) is 20.2. The summed E-state index contributed by atoms with van der Waals surface area (Å²) in [5.41, 5.74) is 2.01. The van der Waals surface area contributed by atoms with Gasteiger partial charge in [0.15, 0.2) is 5.76 Å². The molecule has 2 aromatic carbocycles. The molecule has 1 fully saturated rings. The van der Waals surface area contributed by atoms with Crippen molar-refractivity contribution in [2.24, 2.45) is 0 Å². The minimum absolute atomic E-state index is 0.130. The number of anilines is 2. The van der Waals surface area contributed by atoms with E-state index in [-0.39, 0.29) is 11.7 Å². The third-order valence-electron chi connectivity index (χ3n) is 5.51. The standard InChI is InChI=1S/C24H22Cl3N3O3/c1-2-23(31)30-11-9-29(10-12-30)20-6-4-16(26)14-19(20)28-24(32)22-8-7-21(33-22)17-13-15(25)3-5-18(17)27/h3-8,13-14H,2,9-12H2,1H3,(H,28,32). The number of halogens is 3. The third kappa shape index (κ3) is 5.29. The Morgan fingerprint density at radius 1 is 0.939 bits per heavy atom. The molecule has 0 aliphatic carbocycles. The van der Waals surface area contributed by atoms with Gasteiger partial charge in [0.25, 0.3) is 5.91 Å². The van der Waals surface area contributed by atoms with Crippen LogP contribution in [-0.4, -0.2) is 42.9 Å². The first-order valence-corrected chi connectivity index (χ1v) is 11.7. The molecule has 0 saturated carbocycles. The number of benzene rings is 2. The van der Waals surface area contributed by atoms with Crippen LogP contribution in [0.3, 0.4) is 0 Å². The van der Waals surface area contributed by atoms with E-state index in [9.17, 15) is 9.59 Å². The van der Waals surface area contributed by atoms with Crippen LogP contribution in [0, 0.1) is 0 Å². The van der Waals surface area contributed by atoms with Crippen LogP contribution in [0.5, 0.6) is 0 Å². The van der Waals surface area contributed by atoms with E-state index in [1.54, 1.807) is 42.5 Å². The molecule has 172 valence electrons. The normalized spacial score (nSPS) is 13.8. The number of carbonyl (C=O) groups excluding carboxylic acids is 2. The van der Waals surface area contributed by atoms with Gasteiger partial charge in [0.05, 0.1) is 16.4 Å². The smallest absolute Gasteiger partial charge is 0.291 e. The van der Waals surface area contributed by atoms with Crippen molar-refractivity contribution in [3.05, 3.63) is 69.4 Å². The van der Waals surface area contributed by atoms with Crippen LogP contribution >= 0.6 is 34.8 Å². The van der Waals surface area contributed by atoms with Crippen LogP contribution < -0.4 is 10.2 Å². The molecule has 33 heavy (non-hydrogen) atoms. The van der Waals surface area contributed by atoms with Gasteiger partial charge in [0.2, 0.25) is 5.91 Å². The van der Waals surface area contributed by atoms with E-state index < -0.39 is 5.91 Å². The van der Waals surface area contributed by atoms with Gasteiger partial charge in [-0.05, 0) is 48.5 Å². The lowest BCUT2D eigenvalue weighted by Gasteiger charge is -2.37. The van der Waals surface area contributed by atoms with E-state index in [0.29, 0.717) is 64.7 Å². The summed E-state index contributed by atoms with van der Waals surface area (Å²) >= 11 is 18.5. The molecule has 0 spiro atoms. The van der Waals surface area contributed by atoms with Gasteiger partial charge < -0.3 is 19.5 Å². The zero-order valence-electron chi connectivity index (χ0n) is 17.9. The van der Waals surface area contributed by atoms with E-state index in [4.69, 9.17) is 39.2 Å². The van der Waals surface area contributed by atoms with E-state index in [1.807, 2.05) is 17.9 Å². The van der Waals surface area contributed by atoms with Crippen LogP contribution in [0.2, 0.25) is 15.1 Å². The number of nitrogens with one attached hydrogen (secondary N) is 1. The van der Waals surface area contributed by atoms with Crippen molar-refractivity contribution >= 4 is 58.0 Å². The molecule has 4 rings (SSSR count). The monoisotopic (exact) mass is 505 g/mol. The minimum atomic E-state index is -0.414. The van der Waals surface area contributed by atoms with Gasteiger partial charge >= 0.3 is 0 Å². The summed E-state index contributed by atoms with van der Waals surface area (Å²) in [7, 11) is 0. The third-order valence-corrected chi connectivity index (χ3v) is 6.31. The molecule has 2 heterocycles. The Morgan fingerprint density at radius 3 is 2.36 bits per heavy atom. The Kier molecular flexibility index (Phi) is 7.17. The predicted octanol–water partition coefficient (Wildman–Crippen LogP) is 6.22. The number of amides is 2. The number of hydrogen-bond donors (Lipinski definition) is 1. The van der Waals surface area contributed by atoms with Gasteiger partial charge in [0, 0.05) is 48.2 Å². The maximum Gasteiger partial charge on any atom is 0.291 e. The van der Waals surface area contributed by atoms with Gasteiger partial charge in [-0.25, -0.2) is 0 Å². The Balaban J connectivity index is 1.52. The highest BCUT2D eigenvalue weighted by Gasteiger charge is 2.23. The highest BCUT2D eigenvalue weighted by Crippen LogP contribution is 2.33. The van der Waals surface area contributed by atoms with Gasteiger partial charge in [-0.15, -0.1) is 0 Å². The van der Waals surface area contributed by atoms with Crippen LogP contribution in [0.25, 0.3) is 11.3 Å². The maximum atomic E-state index is 13.0. The lowest BCUT2D eigenvalue weighted by Crippen LogP contribution is -2.48. The quantitative estimate of drug-likeness (QED) is 0.446. The van der Waals surface area contributed by atoms with Crippen molar-refractivity contribution in [1.29, 1.82) is 0 Å². The van der Waals surface area contributed by atoms with Crippen LogP contribution in [-0.2, 0) is 4.79 Å². The first-order valence-electron chi connectivity index (χ1n) is 10.5. The number of furan rings is 1. The number of carbonyl (C=O) groups is 2. The van der Waals surface area contributed by atoms with Gasteiger partial charge in [0.1, 0.15) is 5.76 Å². The van der Waals surface area contributed by atoms with Crippen molar-refractivity contribution in [2.45, 2.75) is 13.3 Å². The molecule has 1 aromatic heterocycles.